The van der Waals surface area contributed by atoms with Crippen LogP contribution in [-0.4, -0.2) is 20.5 Å². The van der Waals surface area contributed by atoms with Crippen molar-refractivity contribution in [2.24, 2.45) is 0 Å². The predicted molar refractivity (Wildman–Crippen MR) is 83.9 cm³/mol. The molecule has 0 fully saturated rings. The lowest BCUT2D eigenvalue weighted by atomic mass is 10.1. The van der Waals surface area contributed by atoms with Crippen molar-refractivity contribution in [2.75, 3.05) is 6.26 Å². The molecule has 7 heteroatoms. The number of thiophene rings is 1. The van der Waals surface area contributed by atoms with Crippen molar-refractivity contribution in [3.8, 4) is 11.5 Å². The Hall–Kier alpha value is -2.12. The van der Waals surface area contributed by atoms with E-state index in [1.165, 1.54) is 29.5 Å². The van der Waals surface area contributed by atoms with Gasteiger partial charge in [-0.3, -0.25) is 4.79 Å². The number of ketones is 1. The molecule has 22 heavy (non-hydrogen) atoms. The van der Waals surface area contributed by atoms with Crippen LogP contribution < -0.4 is 8.92 Å². The van der Waals surface area contributed by atoms with Gasteiger partial charge < -0.3 is 8.92 Å². The van der Waals surface area contributed by atoms with Crippen molar-refractivity contribution in [3.05, 3.63) is 51.4 Å². The summed E-state index contributed by atoms with van der Waals surface area (Å²) >= 11 is 1.52. The maximum absolute atomic E-state index is 12.3. The van der Waals surface area contributed by atoms with E-state index in [9.17, 15) is 13.2 Å². The molecular weight excluding hydrogens is 324 g/mol. The fourth-order valence-electron chi connectivity index (χ4n) is 2.05. The zero-order chi connectivity index (χ0) is 15.9. The van der Waals surface area contributed by atoms with Gasteiger partial charge in [-0.15, -0.1) is 11.3 Å². The van der Waals surface area contributed by atoms with Crippen LogP contribution in [0.5, 0.6) is 11.5 Å². The summed E-state index contributed by atoms with van der Waals surface area (Å²) in [4.78, 5) is 13.2. The van der Waals surface area contributed by atoms with Gasteiger partial charge in [0.15, 0.2) is 5.76 Å². The molecule has 0 aliphatic carbocycles. The average molecular weight is 336 g/mol. The van der Waals surface area contributed by atoms with Crippen LogP contribution in [0.4, 0.5) is 0 Å². The largest absolute Gasteiger partial charge is 0.452 e. The maximum Gasteiger partial charge on any atom is 0.306 e. The highest BCUT2D eigenvalue weighted by Gasteiger charge is 2.28. The summed E-state index contributed by atoms with van der Waals surface area (Å²) in [5.41, 5.74) is 1.45. The molecule has 1 aromatic heterocycles. The van der Waals surface area contributed by atoms with Crippen molar-refractivity contribution in [3.63, 3.8) is 0 Å². The van der Waals surface area contributed by atoms with Crippen LogP contribution in [0.3, 0.4) is 0 Å². The van der Waals surface area contributed by atoms with Crippen LogP contribution in [0.15, 0.2) is 35.4 Å². The lowest BCUT2D eigenvalue weighted by Gasteiger charge is -2.03. The first kappa shape index (κ1) is 14.8. The highest BCUT2D eigenvalue weighted by molar-refractivity contribution is 7.86. The van der Waals surface area contributed by atoms with Crippen LogP contribution in [0.25, 0.3) is 6.08 Å². The molecule has 1 aliphatic heterocycles. The maximum atomic E-state index is 12.3. The predicted octanol–water partition coefficient (Wildman–Crippen LogP) is 3.01. The zero-order valence-electron chi connectivity index (χ0n) is 11.8. The minimum absolute atomic E-state index is 0.114. The van der Waals surface area contributed by atoms with E-state index in [2.05, 4.69) is 0 Å². The molecule has 0 unspecified atom stereocenters. The first-order valence-electron chi connectivity index (χ1n) is 6.35. The molecule has 1 aliphatic rings. The van der Waals surface area contributed by atoms with Crippen LogP contribution >= 0.6 is 11.3 Å². The number of carbonyl (C=O) groups excluding carboxylic acids is 1. The summed E-state index contributed by atoms with van der Waals surface area (Å²) in [5.74, 6) is 0.403. The van der Waals surface area contributed by atoms with Crippen molar-refractivity contribution in [1.82, 2.24) is 0 Å². The van der Waals surface area contributed by atoms with E-state index < -0.39 is 10.1 Å². The Morgan fingerprint density at radius 2 is 2.05 bits per heavy atom. The fourth-order valence-corrected chi connectivity index (χ4v) is 3.35. The van der Waals surface area contributed by atoms with Crippen LogP contribution in [0, 0.1) is 6.92 Å². The number of benzene rings is 1. The van der Waals surface area contributed by atoms with E-state index in [4.69, 9.17) is 8.92 Å². The van der Waals surface area contributed by atoms with Gasteiger partial charge in [0.2, 0.25) is 5.78 Å². The molecule has 0 saturated heterocycles. The Morgan fingerprint density at radius 1 is 1.27 bits per heavy atom. The third-order valence-corrected chi connectivity index (χ3v) is 4.51. The number of aryl methyl sites for hydroxylation is 1. The molecule has 0 N–H and O–H groups in total. The summed E-state index contributed by atoms with van der Waals surface area (Å²) in [6.45, 7) is 1.95. The second kappa shape index (κ2) is 5.26. The molecule has 0 spiro atoms. The summed E-state index contributed by atoms with van der Waals surface area (Å²) in [6, 6.07) is 6.29. The first-order chi connectivity index (χ1) is 10.3. The third-order valence-electron chi connectivity index (χ3n) is 3.05. The van der Waals surface area contributed by atoms with Gasteiger partial charge in [-0.2, -0.15) is 8.42 Å². The summed E-state index contributed by atoms with van der Waals surface area (Å²) in [6.07, 6.45) is 2.65. The third kappa shape index (κ3) is 2.90. The number of fused-ring (bicyclic) bond motifs is 1. The second-order valence-corrected chi connectivity index (χ2v) is 7.38. The lowest BCUT2D eigenvalue weighted by molar-refractivity contribution is 0.101. The van der Waals surface area contributed by atoms with E-state index >= 15 is 0 Å². The minimum atomic E-state index is -3.62. The van der Waals surface area contributed by atoms with Crippen LogP contribution in [0.2, 0.25) is 0 Å². The second-order valence-electron chi connectivity index (χ2n) is 4.85. The van der Waals surface area contributed by atoms with Gasteiger partial charge in [0.25, 0.3) is 0 Å². The van der Waals surface area contributed by atoms with Crippen molar-refractivity contribution < 1.29 is 22.1 Å². The Morgan fingerprint density at radius 3 is 2.68 bits per heavy atom. The standard InChI is InChI=1S/C15H12O5S2/c1-9-5-6-21-14(9)8-13-15(16)11-4-3-10(7-12(11)19-13)20-22(2,17)18/h3-8H,1-2H3. The van der Waals surface area contributed by atoms with Gasteiger partial charge in [0.05, 0.1) is 11.8 Å². The molecule has 0 saturated carbocycles. The molecular formula is C15H12O5S2. The molecule has 5 nitrogen and oxygen atoms in total. The van der Waals surface area contributed by atoms with Gasteiger partial charge >= 0.3 is 10.1 Å². The van der Waals surface area contributed by atoms with E-state index in [0.717, 1.165) is 16.7 Å². The topological polar surface area (TPSA) is 69.7 Å². The number of hydrogen-bond donors (Lipinski definition) is 0. The summed E-state index contributed by atoms with van der Waals surface area (Å²) < 4.78 is 32.6. The van der Waals surface area contributed by atoms with Gasteiger partial charge in [-0.05, 0) is 36.1 Å². The smallest absolute Gasteiger partial charge is 0.306 e. The number of Topliss-reactive ketones (excluding diaryl/α,β-unsaturated/α-hetero) is 1. The zero-order valence-corrected chi connectivity index (χ0v) is 13.5. The summed E-state index contributed by atoms with van der Waals surface area (Å²) in [7, 11) is -3.62. The molecule has 0 bridgehead atoms. The molecule has 0 radical (unpaired) electrons. The van der Waals surface area contributed by atoms with E-state index in [0.29, 0.717) is 11.3 Å². The first-order valence-corrected chi connectivity index (χ1v) is 9.05. The van der Waals surface area contributed by atoms with Crippen molar-refractivity contribution in [2.45, 2.75) is 6.92 Å². The fraction of sp³-hybridized carbons (Fsp3) is 0.133. The number of allylic oxidation sites excluding steroid dienone is 1. The molecule has 0 amide bonds. The monoisotopic (exact) mass is 336 g/mol. The number of ether oxygens (including phenoxy) is 1. The Kier molecular flexibility index (Phi) is 3.54. The Bertz CT molecular complexity index is 890. The van der Waals surface area contributed by atoms with Gasteiger partial charge in [0, 0.05) is 17.0 Å². The van der Waals surface area contributed by atoms with Gasteiger partial charge in [-0.1, -0.05) is 0 Å². The van der Waals surface area contributed by atoms with Gasteiger partial charge in [0.1, 0.15) is 11.5 Å². The Balaban J connectivity index is 1.94. The quantitative estimate of drug-likeness (QED) is 0.636. The molecule has 2 aromatic rings. The SMILES string of the molecule is Cc1ccsc1C=C1Oc2cc(OS(C)(=O)=O)ccc2C1=O. The summed E-state index contributed by atoms with van der Waals surface area (Å²) in [5, 5.41) is 1.94. The van der Waals surface area contributed by atoms with Crippen LogP contribution in [-0.2, 0) is 10.1 Å². The molecule has 0 atom stereocenters. The number of carbonyl (C=O) groups is 1. The molecule has 3 rings (SSSR count). The minimum Gasteiger partial charge on any atom is -0.452 e. The molecule has 1 aromatic carbocycles. The van der Waals surface area contributed by atoms with Gasteiger partial charge in [-0.25, -0.2) is 0 Å². The average Bonchev–Trinajstić information content (AvgIpc) is 2.94. The highest BCUT2D eigenvalue weighted by Crippen LogP contribution is 2.35. The highest BCUT2D eigenvalue weighted by atomic mass is 32.2. The van der Waals surface area contributed by atoms with Crippen LogP contribution in [0.1, 0.15) is 20.8 Å². The van der Waals surface area contributed by atoms with E-state index in [-0.39, 0.29) is 17.3 Å². The normalized spacial score (nSPS) is 15.7. The van der Waals surface area contributed by atoms with Crippen molar-refractivity contribution >= 4 is 33.3 Å². The lowest BCUT2D eigenvalue weighted by Crippen LogP contribution is -2.05. The molecule has 2 heterocycles. The number of rotatable bonds is 3. The van der Waals surface area contributed by atoms with Crippen molar-refractivity contribution in [1.29, 1.82) is 0 Å². The Labute approximate surface area is 131 Å². The number of hydrogen-bond acceptors (Lipinski definition) is 6. The van der Waals surface area contributed by atoms with E-state index in [1.54, 1.807) is 6.08 Å². The van der Waals surface area contributed by atoms with E-state index in [1.807, 2.05) is 18.4 Å². The molecule has 114 valence electrons.